The van der Waals surface area contributed by atoms with Crippen molar-refractivity contribution in [3.05, 3.63) is 109 Å². The van der Waals surface area contributed by atoms with Gasteiger partial charge in [-0.2, -0.15) is 0 Å². The molecule has 0 bridgehead atoms. The first-order valence-corrected chi connectivity index (χ1v) is 26.4. The number of hydrogen-bond donors (Lipinski definition) is 0. The Labute approximate surface area is 400 Å². The van der Waals surface area contributed by atoms with Crippen LogP contribution in [0.5, 0.6) is 0 Å². The highest BCUT2D eigenvalue weighted by Gasteiger charge is 2.19. The Morgan fingerprint density at radius 2 is 0.615 bits per heavy atom. The third kappa shape index (κ3) is 50.9. The lowest BCUT2D eigenvalue weighted by Crippen LogP contribution is -2.30. The lowest BCUT2D eigenvalue weighted by molar-refractivity contribution is -0.167. The Morgan fingerprint density at radius 1 is 0.323 bits per heavy atom. The Morgan fingerprint density at radius 3 is 1.00 bits per heavy atom. The fourth-order valence-corrected chi connectivity index (χ4v) is 6.88. The van der Waals surface area contributed by atoms with Crippen molar-refractivity contribution < 1.29 is 28.6 Å². The molecule has 6 heteroatoms. The maximum atomic E-state index is 12.8. The fraction of sp³-hybridized carbons (Fsp3) is 0.644. The quantitative estimate of drug-likeness (QED) is 0.0262. The largest absolute Gasteiger partial charge is 0.462 e. The molecule has 0 aromatic heterocycles. The number of carbonyl (C=O) groups excluding carboxylic acids is 3. The van der Waals surface area contributed by atoms with Crippen LogP contribution in [0.2, 0.25) is 0 Å². The van der Waals surface area contributed by atoms with Gasteiger partial charge in [0.2, 0.25) is 0 Å². The van der Waals surface area contributed by atoms with Crippen molar-refractivity contribution in [2.24, 2.45) is 0 Å². The standard InChI is InChI=1S/C59H96O6/c1-4-7-10-13-16-19-22-25-27-29-31-34-36-39-42-45-48-51-57(60)63-54-56(65-59(62)53-50-47-44-41-38-33-24-21-18-15-12-9-6-3)55-64-58(61)52-49-46-43-40-37-35-32-30-28-26-23-20-17-14-11-8-5-2/h7-8,10-11,16-17,19-20,25-28,31-32,34-35,39,42,56H,4-6,9,12-15,18,21-24,29-30,33,36-38,40-41,43-55H2,1-3H3/b10-7-,11-8-,19-16-,20-17-,27-25-,28-26-,34-31-,35-32-,42-39-/t56-/m1/s1. The molecule has 0 aliphatic carbocycles. The number of rotatable bonds is 46. The highest BCUT2D eigenvalue weighted by molar-refractivity contribution is 5.71. The highest BCUT2D eigenvalue weighted by atomic mass is 16.6. The smallest absolute Gasteiger partial charge is 0.306 e. The van der Waals surface area contributed by atoms with Gasteiger partial charge >= 0.3 is 17.9 Å². The van der Waals surface area contributed by atoms with Gasteiger partial charge in [0.15, 0.2) is 6.10 Å². The van der Waals surface area contributed by atoms with Gasteiger partial charge in [-0.15, -0.1) is 0 Å². The van der Waals surface area contributed by atoms with Gasteiger partial charge in [0.25, 0.3) is 0 Å². The second-order valence-corrected chi connectivity index (χ2v) is 17.0. The molecular weight excluding hydrogens is 805 g/mol. The minimum atomic E-state index is -0.811. The Kier molecular flexibility index (Phi) is 49.5. The van der Waals surface area contributed by atoms with Crippen LogP contribution in [0.1, 0.15) is 226 Å². The van der Waals surface area contributed by atoms with Gasteiger partial charge in [0, 0.05) is 19.3 Å². The molecule has 0 aliphatic rings. The van der Waals surface area contributed by atoms with Crippen LogP contribution in [0.25, 0.3) is 0 Å². The summed E-state index contributed by atoms with van der Waals surface area (Å²) in [6, 6.07) is 0. The summed E-state index contributed by atoms with van der Waals surface area (Å²) in [6.07, 6.45) is 70.7. The van der Waals surface area contributed by atoms with E-state index in [1.807, 2.05) is 0 Å². The third-order valence-electron chi connectivity index (χ3n) is 10.8. The Balaban J connectivity index is 4.52. The van der Waals surface area contributed by atoms with Crippen LogP contribution in [-0.4, -0.2) is 37.2 Å². The molecule has 65 heavy (non-hydrogen) atoms. The maximum Gasteiger partial charge on any atom is 0.306 e. The van der Waals surface area contributed by atoms with E-state index in [1.165, 1.54) is 64.2 Å². The van der Waals surface area contributed by atoms with Crippen LogP contribution in [0.3, 0.4) is 0 Å². The maximum absolute atomic E-state index is 12.8. The molecular formula is C59H96O6. The summed E-state index contributed by atoms with van der Waals surface area (Å²) in [4.78, 5) is 38.0. The molecule has 0 amide bonds. The summed E-state index contributed by atoms with van der Waals surface area (Å²) in [6.45, 7) is 6.33. The average molecular weight is 901 g/mol. The van der Waals surface area contributed by atoms with Crippen molar-refractivity contribution in [3.63, 3.8) is 0 Å². The van der Waals surface area contributed by atoms with Crippen LogP contribution in [0.4, 0.5) is 0 Å². The Hall–Kier alpha value is -3.93. The molecule has 0 heterocycles. The summed E-state index contributed by atoms with van der Waals surface area (Å²) in [7, 11) is 0. The zero-order valence-electron chi connectivity index (χ0n) is 42.0. The van der Waals surface area contributed by atoms with E-state index in [1.54, 1.807) is 0 Å². The third-order valence-corrected chi connectivity index (χ3v) is 10.8. The van der Waals surface area contributed by atoms with Crippen LogP contribution < -0.4 is 0 Å². The summed E-state index contributed by atoms with van der Waals surface area (Å²) in [5.41, 5.74) is 0. The van der Waals surface area contributed by atoms with Crippen molar-refractivity contribution >= 4 is 17.9 Å². The number of esters is 3. The molecule has 0 unspecified atom stereocenters. The molecule has 0 rings (SSSR count). The topological polar surface area (TPSA) is 78.9 Å². The monoisotopic (exact) mass is 901 g/mol. The molecule has 368 valence electrons. The van der Waals surface area contributed by atoms with Crippen molar-refractivity contribution in [3.8, 4) is 0 Å². The van der Waals surface area contributed by atoms with Crippen molar-refractivity contribution in [2.75, 3.05) is 13.2 Å². The van der Waals surface area contributed by atoms with Crippen molar-refractivity contribution in [2.45, 2.75) is 232 Å². The summed E-state index contributed by atoms with van der Waals surface area (Å²) in [5.74, 6) is -0.992. The van der Waals surface area contributed by atoms with Gasteiger partial charge in [-0.25, -0.2) is 0 Å². The van der Waals surface area contributed by atoms with E-state index in [0.717, 1.165) is 116 Å². The first-order chi connectivity index (χ1) is 32.0. The van der Waals surface area contributed by atoms with Gasteiger partial charge in [0.05, 0.1) is 0 Å². The second-order valence-electron chi connectivity index (χ2n) is 17.0. The molecule has 0 N–H and O–H groups in total. The van der Waals surface area contributed by atoms with E-state index >= 15 is 0 Å². The molecule has 0 aromatic rings. The van der Waals surface area contributed by atoms with E-state index in [9.17, 15) is 14.4 Å². The van der Waals surface area contributed by atoms with Crippen LogP contribution in [-0.2, 0) is 28.6 Å². The van der Waals surface area contributed by atoms with E-state index in [0.29, 0.717) is 19.3 Å². The SMILES string of the molecule is CC/C=C\C/C=C\C/C=C\C/C=C\C/C=C\CCCC(=O)OC[C@H](COC(=O)CCCCCC/C=C\C/C=C\C/C=C\C/C=C\CC)OC(=O)CCCCCCCCCCCCCCC. The van der Waals surface area contributed by atoms with Gasteiger partial charge in [-0.1, -0.05) is 220 Å². The molecule has 6 nitrogen and oxygen atoms in total. The average Bonchev–Trinajstić information content (AvgIpc) is 3.30. The Bertz CT molecular complexity index is 1360. The number of unbranched alkanes of at least 4 members (excludes halogenated alkanes) is 17. The minimum Gasteiger partial charge on any atom is -0.462 e. The zero-order valence-corrected chi connectivity index (χ0v) is 42.0. The molecule has 1 atom stereocenters. The molecule has 0 fully saturated rings. The lowest BCUT2D eigenvalue weighted by Gasteiger charge is -2.18. The van der Waals surface area contributed by atoms with Gasteiger partial charge in [0.1, 0.15) is 13.2 Å². The van der Waals surface area contributed by atoms with Gasteiger partial charge < -0.3 is 14.2 Å². The normalized spacial score (nSPS) is 13.0. The lowest BCUT2D eigenvalue weighted by atomic mass is 10.0. The van der Waals surface area contributed by atoms with E-state index in [-0.39, 0.29) is 37.5 Å². The number of hydrogen-bond acceptors (Lipinski definition) is 6. The van der Waals surface area contributed by atoms with Crippen LogP contribution in [0.15, 0.2) is 109 Å². The van der Waals surface area contributed by atoms with E-state index in [2.05, 4.69) is 130 Å². The molecule has 0 aliphatic heterocycles. The van der Waals surface area contributed by atoms with Crippen molar-refractivity contribution in [1.29, 1.82) is 0 Å². The molecule has 0 radical (unpaired) electrons. The minimum absolute atomic E-state index is 0.109. The van der Waals surface area contributed by atoms with Gasteiger partial charge in [-0.05, 0) is 96.3 Å². The first kappa shape index (κ1) is 61.1. The van der Waals surface area contributed by atoms with E-state index in [4.69, 9.17) is 14.2 Å². The van der Waals surface area contributed by atoms with Crippen molar-refractivity contribution in [1.82, 2.24) is 0 Å². The number of ether oxygens (including phenoxy) is 3. The summed E-state index contributed by atoms with van der Waals surface area (Å²) < 4.78 is 16.7. The second kappa shape index (κ2) is 52.7. The number of allylic oxidation sites excluding steroid dienone is 18. The molecule has 0 spiro atoms. The summed E-state index contributed by atoms with van der Waals surface area (Å²) in [5, 5.41) is 0. The first-order valence-electron chi connectivity index (χ1n) is 26.4. The molecule has 0 aromatic carbocycles. The molecule has 0 saturated heterocycles. The van der Waals surface area contributed by atoms with Crippen LogP contribution in [0, 0.1) is 0 Å². The summed E-state index contributed by atoms with van der Waals surface area (Å²) >= 11 is 0. The highest BCUT2D eigenvalue weighted by Crippen LogP contribution is 2.14. The van der Waals surface area contributed by atoms with Crippen LogP contribution >= 0.6 is 0 Å². The predicted molar refractivity (Wildman–Crippen MR) is 279 cm³/mol. The number of carbonyl (C=O) groups is 3. The zero-order chi connectivity index (χ0) is 47.2. The van der Waals surface area contributed by atoms with Gasteiger partial charge in [-0.3, -0.25) is 14.4 Å². The molecule has 0 saturated carbocycles. The predicted octanol–water partition coefficient (Wildman–Crippen LogP) is 17.5. The fourth-order valence-electron chi connectivity index (χ4n) is 6.88. The van der Waals surface area contributed by atoms with E-state index < -0.39 is 6.10 Å².